The minimum atomic E-state index is -3.74. The number of hydrogen-bond acceptors (Lipinski definition) is 5. The van der Waals surface area contributed by atoms with Gasteiger partial charge in [-0.15, -0.1) is 0 Å². The van der Waals surface area contributed by atoms with Gasteiger partial charge in [0.25, 0.3) is 5.69 Å². The van der Waals surface area contributed by atoms with E-state index in [2.05, 4.69) is 4.72 Å². The fourth-order valence-electron chi connectivity index (χ4n) is 2.71. The molecule has 1 aliphatic heterocycles. The number of rotatable bonds is 4. The van der Waals surface area contributed by atoms with E-state index in [-0.39, 0.29) is 22.5 Å². The first-order valence-corrected chi connectivity index (χ1v) is 9.55. The summed E-state index contributed by atoms with van der Waals surface area (Å²) in [6, 6.07) is 4.51. The summed E-state index contributed by atoms with van der Waals surface area (Å²) >= 11 is 0. The van der Waals surface area contributed by atoms with Crippen molar-refractivity contribution in [3.63, 3.8) is 0 Å². The van der Waals surface area contributed by atoms with Gasteiger partial charge in [-0.05, 0) is 25.0 Å². The van der Waals surface area contributed by atoms with Gasteiger partial charge in [0.2, 0.25) is 15.9 Å². The van der Waals surface area contributed by atoms with Crippen molar-refractivity contribution in [3.05, 3.63) is 34.4 Å². The highest BCUT2D eigenvalue weighted by atomic mass is 32.2. The Labute approximate surface area is 147 Å². The summed E-state index contributed by atoms with van der Waals surface area (Å²) in [5.74, 6) is 0.0594. The van der Waals surface area contributed by atoms with Gasteiger partial charge >= 0.3 is 0 Å². The highest BCUT2D eigenvalue weighted by molar-refractivity contribution is 7.89. The highest BCUT2D eigenvalue weighted by Gasteiger charge is 2.31. The number of nitrogens with zero attached hydrogens (tertiary/aromatic N) is 2. The second kappa shape index (κ2) is 7.09. The van der Waals surface area contributed by atoms with Crippen LogP contribution >= 0.6 is 0 Å². The lowest BCUT2D eigenvalue weighted by molar-refractivity contribution is -0.384. The Kier molecular flexibility index (Phi) is 5.48. The van der Waals surface area contributed by atoms with Gasteiger partial charge in [-0.25, -0.2) is 13.1 Å². The summed E-state index contributed by atoms with van der Waals surface area (Å²) in [5, 5.41) is 10.6. The van der Waals surface area contributed by atoms with Gasteiger partial charge in [0.1, 0.15) is 0 Å². The molecule has 1 N–H and O–H groups in total. The van der Waals surface area contributed by atoms with Crippen molar-refractivity contribution < 1.29 is 18.1 Å². The number of non-ortho nitro benzene ring substituents is 1. The molecule has 1 aromatic carbocycles. The lowest BCUT2D eigenvalue weighted by atomic mass is 9.93. The van der Waals surface area contributed by atoms with Crippen LogP contribution in [0, 0.1) is 15.5 Å². The molecular formula is C16H23N3O5S. The normalized spacial score (nSPS) is 16.7. The second-order valence-corrected chi connectivity index (χ2v) is 8.90. The monoisotopic (exact) mass is 369 g/mol. The predicted octanol–water partition coefficient (Wildman–Crippen LogP) is 1.91. The van der Waals surface area contributed by atoms with E-state index >= 15 is 0 Å². The van der Waals surface area contributed by atoms with Gasteiger partial charge in [-0.3, -0.25) is 14.9 Å². The number of hydrogen-bond donors (Lipinski definition) is 1. The molecule has 25 heavy (non-hydrogen) atoms. The number of carbonyl (C=O) groups excluding carboxylic acids is 1. The molecule has 0 aromatic heterocycles. The molecule has 0 saturated carbocycles. The van der Waals surface area contributed by atoms with Crippen LogP contribution in [0.1, 0.15) is 33.6 Å². The molecule has 1 aliphatic rings. The molecular weight excluding hydrogens is 346 g/mol. The van der Waals surface area contributed by atoms with Crippen LogP contribution in [0.5, 0.6) is 0 Å². The van der Waals surface area contributed by atoms with E-state index in [0.717, 1.165) is 0 Å². The Hall–Kier alpha value is -2.00. The van der Waals surface area contributed by atoms with E-state index in [0.29, 0.717) is 25.9 Å². The van der Waals surface area contributed by atoms with Gasteiger partial charge in [-0.2, -0.15) is 0 Å². The van der Waals surface area contributed by atoms with E-state index < -0.39 is 20.4 Å². The summed E-state index contributed by atoms with van der Waals surface area (Å²) in [7, 11) is -3.74. The summed E-state index contributed by atoms with van der Waals surface area (Å²) in [6.07, 6.45) is 1.07. The van der Waals surface area contributed by atoms with Crippen LogP contribution in [-0.4, -0.2) is 43.3 Å². The zero-order valence-electron chi connectivity index (χ0n) is 14.6. The third-order valence-corrected chi connectivity index (χ3v) is 5.64. The number of carbonyl (C=O) groups is 1. The summed E-state index contributed by atoms with van der Waals surface area (Å²) in [6.45, 7) is 6.59. The molecule has 0 radical (unpaired) electrons. The lowest BCUT2D eigenvalue weighted by Gasteiger charge is -2.35. The zero-order chi connectivity index (χ0) is 18.8. The van der Waals surface area contributed by atoms with Crippen LogP contribution < -0.4 is 4.72 Å². The van der Waals surface area contributed by atoms with Crippen LogP contribution in [0.4, 0.5) is 5.69 Å². The SMILES string of the molecule is CC(C)(C)C(=O)N1CCC(NS(=O)(=O)c2ccc([N+](=O)[O-])cc2)CC1. The molecule has 0 bridgehead atoms. The Bertz CT molecular complexity index is 745. The average Bonchev–Trinajstić information content (AvgIpc) is 2.54. The predicted molar refractivity (Wildman–Crippen MR) is 92.5 cm³/mol. The minimum absolute atomic E-state index is 0.00806. The lowest BCUT2D eigenvalue weighted by Crippen LogP contribution is -2.49. The molecule has 1 aromatic rings. The molecule has 138 valence electrons. The van der Waals surface area contributed by atoms with Crippen molar-refractivity contribution in [2.45, 2.75) is 44.6 Å². The van der Waals surface area contributed by atoms with Gasteiger partial charge in [-0.1, -0.05) is 20.8 Å². The molecule has 0 spiro atoms. The van der Waals surface area contributed by atoms with E-state index in [1.54, 1.807) is 4.90 Å². The molecule has 1 saturated heterocycles. The maximum atomic E-state index is 12.4. The number of likely N-dealkylation sites (tertiary alicyclic amines) is 1. The molecule has 0 aliphatic carbocycles. The highest BCUT2D eigenvalue weighted by Crippen LogP contribution is 2.22. The fraction of sp³-hybridized carbons (Fsp3) is 0.562. The third kappa shape index (κ3) is 4.76. The largest absolute Gasteiger partial charge is 0.342 e. The van der Waals surface area contributed by atoms with Crippen molar-refractivity contribution in [1.29, 1.82) is 0 Å². The molecule has 0 unspecified atom stereocenters. The van der Waals surface area contributed by atoms with Crippen molar-refractivity contribution in [1.82, 2.24) is 9.62 Å². The van der Waals surface area contributed by atoms with E-state index in [4.69, 9.17) is 0 Å². The number of piperidine rings is 1. The zero-order valence-corrected chi connectivity index (χ0v) is 15.4. The topological polar surface area (TPSA) is 110 Å². The first-order chi connectivity index (χ1) is 11.5. The quantitative estimate of drug-likeness (QED) is 0.644. The van der Waals surface area contributed by atoms with Crippen molar-refractivity contribution >= 4 is 21.6 Å². The molecule has 0 atom stereocenters. The number of benzene rings is 1. The molecule has 8 nitrogen and oxygen atoms in total. The third-order valence-electron chi connectivity index (χ3n) is 4.10. The number of nitro groups is 1. The van der Waals surface area contributed by atoms with Crippen molar-refractivity contribution in [2.24, 2.45) is 5.41 Å². The Morgan fingerprint density at radius 2 is 1.72 bits per heavy atom. The first-order valence-electron chi connectivity index (χ1n) is 8.07. The number of nitrogens with one attached hydrogen (secondary N) is 1. The number of amides is 1. The first kappa shape index (κ1) is 19.3. The van der Waals surface area contributed by atoms with Crippen LogP contribution in [0.15, 0.2) is 29.2 Å². The maximum absolute atomic E-state index is 12.4. The standard InChI is InChI=1S/C16H23N3O5S/c1-16(2,3)15(20)18-10-8-12(9-11-18)17-25(23,24)14-6-4-13(5-7-14)19(21)22/h4-7,12,17H,8-11H2,1-3H3. The molecule has 1 fully saturated rings. The van der Waals surface area contributed by atoms with Crippen LogP contribution in [0.25, 0.3) is 0 Å². The fourth-order valence-corrected chi connectivity index (χ4v) is 4.01. The van der Waals surface area contributed by atoms with Crippen LogP contribution in [-0.2, 0) is 14.8 Å². The van der Waals surface area contributed by atoms with E-state index in [9.17, 15) is 23.3 Å². The van der Waals surface area contributed by atoms with E-state index in [1.807, 2.05) is 20.8 Å². The van der Waals surface area contributed by atoms with Crippen molar-refractivity contribution in [2.75, 3.05) is 13.1 Å². The van der Waals surface area contributed by atoms with Crippen LogP contribution in [0.2, 0.25) is 0 Å². The summed E-state index contributed by atoms with van der Waals surface area (Å²) in [5.41, 5.74) is -0.613. The van der Waals surface area contributed by atoms with Gasteiger partial charge in [0.15, 0.2) is 0 Å². The number of nitro benzene ring substituents is 1. The van der Waals surface area contributed by atoms with Crippen LogP contribution in [0.3, 0.4) is 0 Å². The average molecular weight is 369 g/mol. The van der Waals surface area contributed by atoms with Gasteiger partial charge in [0, 0.05) is 36.7 Å². The smallest absolute Gasteiger partial charge is 0.269 e. The summed E-state index contributed by atoms with van der Waals surface area (Å²) in [4.78, 5) is 24.1. The molecule has 9 heteroatoms. The van der Waals surface area contributed by atoms with Gasteiger partial charge < -0.3 is 4.90 Å². The molecule has 2 rings (SSSR count). The maximum Gasteiger partial charge on any atom is 0.269 e. The Balaban J connectivity index is 1.98. The Morgan fingerprint density at radius 1 is 1.20 bits per heavy atom. The van der Waals surface area contributed by atoms with Gasteiger partial charge in [0.05, 0.1) is 9.82 Å². The second-order valence-electron chi connectivity index (χ2n) is 7.19. The van der Waals surface area contributed by atoms with E-state index in [1.165, 1.54) is 24.3 Å². The number of sulfonamides is 1. The molecule has 1 amide bonds. The minimum Gasteiger partial charge on any atom is -0.342 e. The Morgan fingerprint density at radius 3 is 2.16 bits per heavy atom. The summed E-state index contributed by atoms with van der Waals surface area (Å²) < 4.78 is 27.4. The molecule has 1 heterocycles. The van der Waals surface area contributed by atoms with Crippen molar-refractivity contribution in [3.8, 4) is 0 Å².